The van der Waals surface area contributed by atoms with Crippen LogP contribution in [0, 0.1) is 6.92 Å². The van der Waals surface area contributed by atoms with Gasteiger partial charge in [-0.25, -0.2) is 9.97 Å². The number of carbonyl (C=O) groups is 1. The largest absolute Gasteiger partial charge is 0.321 e. The predicted molar refractivity (Wildman–Crippen MR) is 90.6 cm³/mol. The van der Waals surface area contributed by atoms with Crippen molar-refractivity contribution in [3.05, 3.63) is 65.7 Å². The summed E-state index contributed by atoms with van der Waals surface area (Å²) < 4.78 is 0. The fourth-order valence-corrected chi connectivity index (χ4v) is 2.77. The van der Waals surface area contributed by atoms with Crippen LogP contribution in [-0.4, -0.2) is 15.9 Å². The van der Waals surface area contributed by atoms with Crippen LogP contribution in [0.25, 0.3) is 10.8 Å². The van der Waals surface area contributed by atoms with E-state index >= 15 is 0 Å². The third-order valence-electron chi connectivity index (χ3n) is 4.22. The van der Waals surface area contributed by atoms with E-state index in [-0.39, 0.29) is 5.91 Å². The number of benzene rings is 2. The van der Waals surface area contributed by atoms with E-state index in [1.165, 1.54) is 0 Å². The van der Waals surface area contributed by atoms with Gasteiger partial charge in [-0.2, -0.15) is 0 Å². The van der Waals surface area contributed by atoms with Crippen LogP contribution in [0.2, 0.25) is 0 Å². The van der Waals surface area contributed by atoms with Crippen molar-refractivity contribution in [1.82, 2.24) is 9.97 Å². The fourth-order valence-electron chi connectivity index (χ4n) is 2.77. The van der Waals surface area contributed by atoms with Gasteiger partial charge < -0.3 is 5.32 Å². The van der Waals surface area contributed by atoms with Gasteiger partial charge in [-0.3, -0.25) is 4.79 Å². The molecule has 1 amide bonds. The molecule has 1 aliphatic carbocycles. The SMILES string of the molecule is Cc1nc(C2CC2)ncc1C(=O)Nc1cccc2ccccc12. The van der Waals surface area contributed by atoms with E-state index in [1.54, 1.807) is 6.20 Å². The monoisotopic (exact) mass is 303 g/mol. The molecule has 114 valence electrons. The lowest BCUT2D eigenvalue weighted by Crippen LogP contribution is -2.15. The van der Waals surface area contributed by atoms with Crippen molar-refractivity contribution in [1.29, 1.82) is 0 Å². The summed E-state index contributed by atoms with van der Waals surface area (Å²) in [4.78, 5) is 21.4. The van der Waals surface area contributed by atoms with Crippen LogP contribution < -0.4 is 5.32 Å². The van der Waals surface area contributed by atoms with Crippen molar-refractivity contribution in [3.8, 4) is 0 Å². The molecule has 4 nitrogen and oxygen atoms in total. The Bertz CT molecular complexity index is 895. The number of carbonyl (C=O) groups excluding carboxylic acids is 1. The molecule has 0 spiro atoms. The van der Waals surface area contributed by atoms with Crippen LogP contribution in [0.15, 0.2) is 48.7 Å². The van der Waals surface area contributed by atoms with E-state index < -0.39 is 0 Å². The molecule has 23 heavy (non-hydrogen) atoms. The zero-order valence-corrected chi connectivity index (χ0v) is 12.9. The van der Waals surface area contributed by atoms with Crippen LogP contribution in [0.3, 0.4) is 0 Å². The number of amides is 1. The van der Waals surface area contributed by atoms with Gasteiger partial charge >= 0.3 is 0 Å². The van der Waals surface area contributed by atoms with Gasteiger partial charge in [0.15, 0.2) is 0 Å². The topological polar surface area (TPSA) is 54.9 Å². The maximum atomic E-state index is 12.6. The molecule has 4 rings (SSSR count). The molecule has 1 saturated carbocycles. The molecular formula is C19H17N3O. The molecule has 3 aromatic rings. The molecule has 1 aromatic heterocycles. The van der Waals surface area contributed by atoms with Crippen molar-refractivity contribution < 1.29 is 4.79 Å². The number of fused-ring (bicyclic) bond motifs is 1. The highest BCUT2D eigenvalue weighted by Crippen LogP contribution is 2.38. The molecule has 1 aliphatic rings. The first kappa shape index (κ1) is 13.9. The lowest BCUT2D eigenvalue weighted by molar-refractivity contribution is 0.102. The summed E-state index contributed by atoms with van der Waals surface area (Å²) in [6.45, 7) is 1.87. The van der Waals surface area contributed by atoms with E-state index in [9.17, 15) is 4.79 Å². The van der Waals surface area contributed by atoms with E-state index in [0.29, 0.717) is 11.5 Å². The Balaban J connectivity index is 1.64. The third kappa shape index (κ3) is 2.68. The molecule has 0 radical (unpaired) electrons. The fraction of sp³-hybridized carbons (Fsp3) is 0.211. The highest BCUT2D eigenvalue weighted by Gasteiger charge is 2.27. The summed E-state index contributed by atoms with van der Waals surface area (Å²) in [6, 6.07) is 13.9. The van der Waals surface area contributed by atoms with Gasteiger partial charge in [0.05, 0.1) is 11.3 Å². The molecule has 1 heterocycles. The van der Waals surface area contributed by atoms with Crippen molar-refractivity contribution in [2.45, 2.75) is 25.7 Å². The minimum absolute atomic E-state index is 0.166. The highest BCUT2D eigenvalue weighted by molar-refractivity contribution is 6.09. The zero-order chi connectivity index (χ0) is 15.8. The maximum absolute atomic E-state index is 12.6. The second kappa shape index (κ2) is 5.47. The third-order valence-corrected chi connectivity index (χ3v) is 4.22. The molecule has 1 fully saturated rings. The van der Waals surface area contributed by atoms with Crippen LogP contribution in [0.4, 0.5) is 5.69 Å². The molecular weight excluding hydrogens is 286 g/mol. The Morgan fingerprint density at radius 2 is 1.91 bits per heavy atom. The van der Waals surface area contributed by atoms with E-state index in [2.05, 4.69) is 15.3 Å². The first-order chi connectivity index (χ1) is 11.2. The van der Waals surface area contributed by atoms with Gasteiger partial charge in [-0.1, -0.05) is 36.4 Å². The van der Waals surface area contributed by atoms with Crippen LogP contribution in [0.5, 0.6) is 0 Å². The average Bonchev–Trinajstić information content (AvgIpc) is 3.40. The van der Waals surface area contributed by atoms with Crippen molar-refractivity contribution in [2.24, 2.45) is 0 Å². The first-order valence-electron chi connectivity index (χ1n) is 7.85. The lowest BCUT2D eigenvalue weighted by Gasteiger charge is -2.10. The summed E-state index contributed by atoms with van der Waals surface area (Å²) in [5.74, 6) is 1.19. The summed E-state index contributed by atoms with van der Waals surface area (Å²) in [7, 11) is 0. The van der Waals surface area contributed by atoms with Crippen LogP contribution in [-0.2, 0) is 0 Å². The van der Waals surface area contributed by atoms with Gasteiger partial charge in [0, 0.05) is 23.2 Å². The second-order valence-corrected chi connectivity index (χ2v) is 5.98. The average molecular weight is 303 g/mol. The molecule has 2 aromatic carbocycles. The molecule has 1 N–H and O–H groups in total. The van der Waals surface area contributed by atoms with Gasteiger partial charge in [-0.15, -0.1) is 0 Å². The van der Waals surface area contributed by atoms with E-state index in [4.69, 9.17) is 0 Å². The lowest BCUT2D eigenvalue weighted by atomic mass is 10.1. The zero-order valence-electron chi connectivity index (χ0n) is 12.9. The molecule has 0 saturated heterocycles. The Morgan fingerprint density at radius 3 is 2.70 bits per heavy atom. The standard InChI is InChI=1S/C19H17N3O/c1-12-16(11-20-18(21-12)14-9-10-14)19(23)22-17-8-4-6-13-5-2-3-7-15(13)17/h2-8,11,14H,9-10H2,1H3,(H,22,23). The second-order valence-electron chi connectivity index (χ2n) is 5.98. The van der Waals surface area contributed by atoms with Crippen LogP contribution >= 0.6 is 0 Å². The summed E-state index contributed by atoms with van der Waals surface area (Å²) in [6.07, 6.45) is 3.96. The number of nitrogens with one attached hydrogen (secondary N) is 1. The maximum Gasteiger partial charge on any atom is 0.259 e. The van der Waals surface area contributed by atoms with E-state index in [1.807, 2.05) is 49.4 Å². The number of hydrogen-bond acceptors (Lipinski definition) is 3. The normalized spacial score (nSPS) is 14.0. The van der Waals surface area contributed by atoms with Crippen molar-refractivity contribution in [3.63, 3.8) is 0 Å². The summed E-state index contributed by atoms with van der Waals surface area (Å²) in [5.41, 5.74) is 2.07. The van der Waals surface area contributed by atoms with Gasteiger partial charge in [0.1, 0.15) is 5.82 Å². The molecule has 0 bridgehead atoms. The quantitative estimate of drug-likeness (QED) is 0.793. The van der Waals surface area contributed by atoms with Crippen LogP contribution in [0.1, 0.15) is 40.6 Å². The number of aromatic nitrogens is 2. The van der Waals surface area contributed by atoms with Crippen molar-refractivity contribution >= 4 is 22.4 Å². The van der Waals surface area contributed by atoms with Crippen molar-refractivity contribution in [2.75, 3.05) is 5.32 Å². The number of aryl methyl sites for hydroxylation is 1. The Labute approximate surface area is 134 Å². The van der Waals surface area contributed by atoms with E-state index in [0.717, 1.165) is 40.8 Å². The molecule has 4 heteroatoms. The Hall–Kier alpha value is -2.75. The minimum atomic E-state index is -0.166. The van der Waals surface area contributed by atoms with Gasteiger partial charge in [0.2, 0.25) is 0 Å². The number of nitrogens with zero attached hydrogens (tertiary/aromatic N) is 2. The first-order valence-corrected chi connectivity index (χ1v) is 7.85. The number of rotatable bonds is 3. The minimum Gasteiger partial charge on any atom is -0.321 e. The molecule has 0 atom stereocenters. The summed E-state index contributed by atoms with van der Waals surface area (Å²) >= 11 is 0. The van der Waals surface area contributed by atoms with Gasteiger partial charge in [-0.05, 0) is 31.2 Å². The Morgan fingerprint density at radius 1 is 1.13 bits per heavy atom. The highest BCUT2D eigenvalue weighted by atomic mass is 16.1. The smallest absolute Gasteiger partial charge is 0.259 e. The molecule has 0 unspecified atom stereocenters. The predicted octanol–water partition coefficient (Wildman–Crippen LogP) is 4.07. The summed E-state index contributed by atoms with van der Waals surface area (Å²) in [5, 5.41) is 5.11. The number of hydrogen-bond donors (Lipinski definition) is 1. The number of anilines is 1. The van der Waals surface area contributed by atoms with Gasteiger partial charge in [0.25, 0.3) is 5.91 Å². The molecule has 0 aliphatic heterocycles. The Kier molecular flexibility index (Phi) is 3.30.